The van der Waals surface area contributed by atoms with Crippen LogP contribution in [0.5, 0.6) is 0 Å². The van der Waals surface area contributed by atoms with Crippen molar-refractivity contribution in [2.24, 2.45) is 0 Å². The maximum atomic E-state index is 12.4. The Balaban J connectivity index is 1.43. The summed E-state index contributed by atoms with van der Waals surface area (Å²) in [6.45, 7) is 3.35. The zero-order valence-electron chi connectivity index (χ0n) is 14.1. The number of thiophene rings is 1. The van der Waals surface area contributed by atoms with Crippen LogP contribution >= 0.6 is 11.3 Å². The van der Waals surface area contributed by atoms with Gasteiger partial charge in [0.2, 0.25) is 0 Å². The van der Waals surface area contributed by atoms with Crippen LogP contribution in [-0.4, -0.2) is 30.9 Å². The molecule has 25 heavy (non-hydrogen) atoms. The minimum Gasteiger partial charge on any atom is -0.343 e. The number of amides is 1. The normalized spacial score (nSPS) is 14.1. The van der Waals surface area contributed by atoms with E-state index >= 15 is 0 Å². The van der Waals surface area contributed by atoms with Crippen LogP contribution < -0.4 is 5.32 Å². The van der Waals surface area contributed by atoms with E-state index in [1.54, 1.807) is 17.4 Å². The van der Waals surface area contributed by atoms with Gasteiger partial charge in [0.25, 0.3) is 5.91 Å². The van der Waals surface area contributed by atoms with Crippen LogP contribution in [0.3, 0.4) is 0 Å². The number of aromatic nitrogens is 5. The summed E-state index contributed by atoms with van der Waals surface area (Å²) in [6.07, 6.45) is 4.47. The fourth-order valence-corrected chi connectivity index (χ4v) is 3.90. The molecule has 0 saturated carbocycles. The van der Waals surface area contributed by atoms with Gasteiger partial charge in [-0.25, -0.2) is 0 Å². The lowest BCUT2D eigenvalue weighted by Gasteiger charge is -2.07. The van der Waals surface area contributed by atoms with E-state index in [4.69, 9.17) is 0 Å². The van der Waals surface area contributed by atoms with Crippen molar-refractivity contribution in [1.82, 2.24) is 30.3 Å². The monoisotopic (exact) mass is 356 g/mol. The summed E-state index contributed by atoms with van der Waals surface area (Å²) in [6, 6.07) is 5.86. The smallest absolute Gasteiger partial charge is 0.272 e. The van der Waals surface area contributed by atoms with Crippen molar-refractivity contribution < 1.29 is 4.79 Å². The second-order valence-corrected chi connectivity index (χ2v) is 7.54. The van der Waals surface area contributed by atoms with Gasteiger partial charge in [-0.15, -0.1) is 21.5 Å². The number of rotatable bonds is 4. The number of H-pyrrole nitrogens is 1. The highest BCUT2D eigenvalue weighted by Gasteiger charge is 2.17. The zero-order valence-corrected chi connectivity index (χ0v) is 14.9. The van der Waals surface area contributed by atoms with Crippen LogP contribution in [0.2, 0.25) is 0 Å². The number of nitrogens with zero attached hydrogens (tertiary/aromatic N) is 4. The molecular formula is C17H20N6OS. The Hall–Kier alpha value is -2.48. The van der Waals surface area contributed by atoms with Gasteiger partial charge in [-0.1, -0.05) is 6.42 Å². The van der Waals surface area contributed by atoms with Crippen molar-refractivity contribution in [2.45, 2.75) is 45.7 Å². The fraction of sp³-hybridized carbons (Fsp3) is 0.412. The van der Waals surface area contributed by atoms with Crippen molar-refractivity contribution in [1.29, 1.82) is 0 Å². The average Bonchev–Trinajstić information content (AvgIpc) is 3.30. The Morgan fingerprint density at radius 3 is 3.08 bits per heavy atom. The lowest BCUT2D eigenvalue weighted by atomic mass is 10.2. The standard InChI is InChI=1S/C17H20N6OS/c1-11-6-7-14(25-11)12-9-13(20-19-12)17(24)18-10-16-22-21-15-5-3-2-4-8-23(15)16/h6-7,9H,2-5,8,10H2,1H3,(H,18,24)(H,19,20). The van der Waals surface area contributed by atoms with Gasteiger partial charge >= 0.3 is 0 Å². The van der Waals surface area contributed by atoms with Crippen LogP contribution in [0, 0.1) is 6.92 Å². The van der Waals surface area contributed by atoms with Gasteiger partial charge in [-0.3, -0.25) is 9.89 Å². The number of nitrogens with one attached hydrogen (secondary N) is 2. The second kappa shape index (κ2) is 6.79. The first-order chi connectivity index (χ1) is 12.2. The Morgan fingerprint density at radius 2 is 2.24 bits per heavy atom. The van der Waals surface area contributed by atoms with Crippen LogP contribution in [0.15, 0.2) is 18.2 Å². The SMILES string of the molecule is Cc1ccc(-c2cc(C(=O)NCc3nnc4n3CCCCC4)n[nH]2)s1. The highest BCUT2D eigenvalue weighted by atomic mass is 32.1. The summed E-state index contributed by atoms with van der Waals surface area (Å²) in [5.74, 6) is 1.63. The molecule has 0 radical (unpaired) electrons. The highest BCUT2D eigenvalue weighted by Crippen LogP contribution is 2.26. The molecule has 3 aromatic heterocycles. The lowest BCUT2D eigenvalue weighted by Crippen LogP contribution is -2.25. The predicted octanol–water partition coefficient (Wildman–Crippen LogP) is 2.69. The first kappa shape index (κ1) is 16.0. The molecular weight excluding hydrogens is 336 g/mol. The van der Waals surface area contributed by atoms with Crippen LogP contribution in [0.4, 0.5) is 0 Å². The Labute approximate surface area is 149 Å². The van der Waals surface area contributed by atoms with E-state index in [1.165, 1.54) is 11.3 Å². The molecule has 0 atom stereocenters. The van der Waals surface area contributed by atoms with Crippen molar-refractivity contribution in [3.8, 4) is 10.6 Å². The van der Waals surface area contributed by atoms with E-state index in [1.807, 2.05) is 6.07 Å². The minimum atomic E-state index is -0.207. The Morgan fingerprint density at radius 1 is 1.32 bits per heavy atom. The molecule has 4 heterocycles. The molecule has 0 saturated heterocycles. The number of carbonyl (C=O) groups excluding carboxylic acids is 1. The van der Waals surface area contributed by atoms with E-state index in [9.17, 15) is 4.79 Å². The van der Waals surface area contributed by atoms with Crippen molar-refractivity contribution in [2.75, 3.05) is 0 Å². The molecule has 2 N–H and O–H groups in total. The first-order valence-electron chi connectivity index (χ1n) is 8.52. The molecule has 4 rings (SSSR count). The van der Waals surface area contributed by atoms with Gasteiger partial charge in [-0.2, -0.15) is 5.10 Å². The lowest BCUT2D eigenvalue weighted by molar-refractivity contribution is 0.0944. The molecule has 0 bridgehead atoms. The van der Waals surface area contributed by atoms with Gasteiger partial charge in [0.05, 0.1) is 17.1 Å². The maximum Gasteiger partial charge on any atom is 0.272 e. The molecule has 0 unspecified atom stereocenters. The fourth-order valence-electron chi connectivity index (χ4n) is 3.07. The van der Waals surface area contributed by atoms with Crippen molar-refractivity contribution in [3.63, 3.8) is 0 Å². The molecule has 0 fully saturated rings. The van der Waals surface area contributed by atoms with E-state index in [2.05, 4.69) is 43.3 Å². The van der Waals surface area contributed by atoms with E-state index in [0.717, 1.165) is 48.0 Å². The summed E-state index contributed by atoms with van der Waals surface area (Å²) in [5, 5.41) is 18.5. The molecule has 0 aromatic carbocycles. The number of aryl methyl sites for hydroxylation is 2. The second-order valence-electron chi connectivity index (χ2n) is 6.25. The predicted molar refractivity (Wildman–Crippen MR) is 95.4 cm³/mol. The number of hydrogen-bond donors (Lipinski definition) is 2. The molecule has 0 spiro atoms. The molecule has 0 aliphatic carbocycles. The van der Waals surface area contributed by atoms with Crippen LogP contribution in [0.1, 0.15) is 46.3 Å². The quantitative estimate of drug-likeness (QED) is 0.752. The number of carbonyl (C=O) groups is 1. The number of fused-ring (bicyclic) bond motifs is 1. The Kier molecular flexibility index (Phi) is 4.35. The molecule has 1 amide bonds. The van der Waals surface area contributed by atoms with E-state index < -0.39 is 0 Å². The summed E-state index contributed by atoms with van der Waals surface area (Å²) >= 11 is 1.67. The largest absolute Gasteiger partial charge is 0.343 e. The molecule has 7 nitrogen and oxygen atoms in total. The molecule has 3 aromatic rings. The van der Waals surface area contributed by atoms with Crippen molar-refractivity contribution in [3.05, 3.63) is 40.4 Å². The molecule has 1 aliphatic heterocycles. The minimum absolute atomic E-state index is 0.207. The third-order valence-corrected chi connectivity index (χ3v) is 5.44. The number of hydrogen-bond acceptors (Lipinski definition) is 5. The third-order valence-electron chi connectivity index (χ3n) is 4.41. The summed E-state index contributed by atoms with van der Waals surface area (Å²) < 4.78 is 2.14. The highest BCUT2D eigenvalue weighted by molar-refractivity contribution is 7.15. The zero-order chi connectivity index (χ0) is 17.2. The average molecular weight is 356 g/mol. The Bertz CT molecular complexity index is 893. The van der Waals surface area contributed by atoms with Gasteiger partial charge in [0.1, 0.15) is 5.82 Å². The summed E-state index contributed by atoms with van der Waals surface area (Å²) in [5.41, 5.74) is 1.25. The summed E-state index contributed by atoms with van der Waals surface area (Å²) in [4.78, 5) is 14.7. The van der Waals surface area contributed by atoms with Crippen LogP contribution in [0.25, 0.3) is 10.6 Å². The van der Waals surface area contributed by atoms with Crippen molar-refractivity contribution >= 4 is 17.2 Å². The van der Waals surface area contributed by atoms with Gasteiger partial charge in [0.15, 0.2) is 11.5 Å². The third kappa shape index (κ3) is 3.34. The molecule has 8 heteroatoms. The van der Waals surface area contributed by atoms with Crippen LogP contribution in [-0.2, 0) is 19.5 Å². The maximum absolute atomic E-state index is 12.4. The van der Waals surface area contributed by atoms with Gasteiger partial charge in [0, 0.05) is 17.8 Å². The first-order valence-corrected chi connectivity index (χ1v) is 9.34. The molecule has 1 aliphatic rings. The van der Waals surface area contributed by atoms with Gasteiger partial charge in [-0.05, 0) is 38.0 Å². The number of aromatic amines is 1. The van der Waals surface area contributed by atoms with Gasteiger partial charge < -0.3 is 9.88 Å². The topological polar surface area (TPSA) is 88.5 Å². The summed E-state index contributed by atoms with van der Waals surface area (Å²) in [7, 11) is 0. The van der Waals surface area contributed by atoms with E-state index in [0.29, 0.717) is 12.2 Å². The molecule has 130 valence electrons. The van der Waals surface area contributed by atoms with E-state index in [-0.39, 0.29) is 5.91 Å².